The number of aliphatic imine (C=N–C) groups is 1. The standard InChI is InChI=1S/C14H22N2/c1-5-7-8-9-11-14(3)13(10-6-2)15-12-16(14)4/h5,7-8,10,12H,1,6,9,11H2,2-4H3/b8-7-,13-10+. The fourth-order valence-corrected chi connectivity index (χ4v) is 1.92. The van der Waals surface area contributed by atoms with Gasteiger partial charge in [-0.05, 0) is 26.2 Å². The van der Waals surface area contributed by atoms with Gasteiger partial charge in [0.1, 0.15) is 0 Å². The van der Waals surface area contributed by atoms with Crippen LogP contribution < -0.4 is 0 Å². The summed E-state index contributed by atoms with van der Waals surface area (Å²) in [5, 5.41) is 0. The van der Waals surface area contributed by atoms with Gasteiger partial charge >= 0.3 is 0 Å². The number of likely N-dealkylation sites (N-methyl/N-ethyl adjacent to an activating group) is 1. The monoisotopic (exact) mass is 218 g/mol. The predicted octanol–water partition coefficient (Wildman–Crippen LogP) is 3.54. The maximum atomic E-state index is 4.48. The molecule has 1 aliphatic heterocycles. The van der Waals surface area contributed by atoms with Crippen LogP contribution in [0.2, 0.25) is 0 Å². The van der Waals surface area contributed by atoms with E-state index in [-0.39, 0.29) is 5.54 Å². The van der Waals surface area contributed by atoms with Crippen LogP contribution in [0.3, 0.4) is 0 Å². The molecular formula is C14H22N2. The van der Waals surface area contributed by atoms with E-state index in [1.54, 1.807) is 0 Å². The molecule has 0 fully saturated rings. The molecule has 0 saturated carbocycles. The third-order valence-corrected chi connectivity index (χ3v) is 3.17. The fraction of sp³-hybridized carbons (Fsp3) is 0.500. The van der Waals surface area contributed by atoms with Crippen LogP contribution in [0.1, 0.15) is 33.1 Å². The molecule has 88 valence electrons. The minimum Gasteiger partial charge on any atom is -0.355 e. The van der Waals surface area contributed by atoms with Crippen molar-refractivity contribution in [2.45, 2.75) is 38.6 Å². The number of rotatable bonds is 5. The second-order valence-corrected chi connectivity index (χ2v) is 4.33. The summed E-state index contributed by atoms with van der Waals surface area (Å²) in [6.07, 6.45) is 13.3. The molecule has 2 heteroatoms. The Morgan fingerprint density at radius 1 is 1.56 bits per heavy atom. The summed E-state index contributed by atoms with van der Waals surface area (Å²) in [6.45, 7) is 8.08. The molecule has 1 unspecified atom stereocenters. The molecule has 0 aromatic carbocycles. The first-order valence-electron chi connectivity index (χ1n) is 5.90. The van der Waals surface area contributed by atoms with Gasteiger partial charge in [-0.2, -0.15) is 0 Å². The quantitative estimate of drug-likeness (QED) is 0.644. The third kappa shape index (κ3) is 2.63. The number of nitrogens with zero attached hydrogens (tertiary/aromatic N) is 2. The molecule has 1 aliphatic rings. The van der Waals surface area contributed by atoms with E-state index in [1.165, 1.54) is 5.70 Å². The van der Waals surface area contributed by atoms with E-state index in [0.717, 1.165) is 19.3 Å². The van der Waals surface area contributed by atoms with Crippen molar-refractivity contribution in [3.8, 4) is 0 Å². The van der Waals surface area contributed by atoms with Crippen LogP contribution in [0, 0.1) is 0 Å². The van der Waals surface area contributed by atoms with E-state index in [9.17, 15) is 0 Å². The van der Waals surface area contributed by atoms with Gasteiger partial charge in [-0.1, -0.05) is 37.8 Å². The molecule has 0 radical (unpaired) electrons. The highest BCUT2D eigenvalue weighted by Gasteiger charge is 2.35. The van der Waals surface area contributed by atoms with Crippen LogP contribution in [-0.2, 0) is 0 Å². The van der Waals surface area contributed by atoms with Crippen LogP contribution in [-0.4, -0.2) is 23.8 Å². The molecule has 0 N–H and O–H groups in total. The molecule has 0 saturated heterocycles. The second kappa shape index (κ2) is 5.69. The molecule has 2 nitrogen and oxygen atoms in total. The normalized spacial score (nSPS) is 27.2. The van der Waals surface area contributed by atoms with E-state index in [2.05, 4.69) is 49.5 Å². The van der Waals surface area contributed by atoms with Crippen molar-refractivity contribution in [1.82, 2.24) is 4.90 Å². The van der Waals surface area contributed by atoms with Crippen LogP contribution in [0.4, 0.5) is 0 Å². The van der Waals surface area contributed by atoms with E-state index in [1.807, 2.05) is 18.5 Å². The molecular weight excluding hydrogens is 196 g/mol. The molecule has 0 aromatic heterocycles. The van der Waals surface area contributed by atoms with Crippen molar-refractivity contribution in [2.24, 2.45) is 4.99 Å². The van der Waals surface area contributed by atoms with Gasteiger partial charge in [-0.3, -0.25) is 0 Å². The maximum absolute atomic E-state index is 4.48. The van der Waals surface area contributed by atoms with Gasteiger partial charge in [0.15, 0.2) is 0 Å². The van der Waals surface area contributed by atoms with Gasteiger partial charge in [-0.15, -0.1) is 0 Å². The Balaban J connectivity index is 2.69. The van der Waals surface area contributed by atoms with E-state index < -0.39 is 0 Å². The summed E-state index contributed by atoms with van der Waals surface area (Å²) in [7, 11) is 2.09. The molecule has 1 rings (SSSR count). The van der Waals surface area contributed by atoms with Crippen molar-refractivity contribution in [3.05, 3.63) is 36.6 Å². The van der Waals surface area contributed by atoms with Crippen LogP contribution >= 0.6 is 0 Å². The summed E-state index contributed by atoms with van der Waals surface area (Å²) in [5.74, 6) is 0. The third-order valence-electron chi connectivity index (χ3n) is 3.17. The molecule has 16 heavy (non-hydrogen) atoms. The van der Waals surface area contributed by atoms with E-state index in [4.69, 9.17) is 0 Å². The Hall–Kier alpha value is -1.31. The van der Waals surface area contributed by atoms with Crippen LogP contribution in [0.5, 0.6) is 0 Å². The van der Waals surface area contributed by atoms with Gasteiger partial charge in [0.25, 0.3) is 0 Å². The lowest BCUT2D eigenvalue weighted by Crippen LogP contribution is -2.40. The molecule has 0 spiro atoms. The second-order valence-electron chi connectivity index (χ2n) is 4.33. The van der Waals surface area contributed by atoms with Gasteiger partial charge in [0, 0.05) is 7.05 Å². The summed E-state index contributed by atoms with van der Waals surface area (Å²) in [5.41, 5.74) is 1.26. The van der Waals surface area contributed by atoms with Gasteiger partial charge in [0.2, 0.25) is 0 Å². The Kier molecular flexibility index (Phi) is 4.53. The summed E-state index contributed by atoms with van der Waals surface area (Å²) in [6, 6.07) is 0. The predicted molar refractivity (Wildman–Crippen MR) is 71.6 cm³/mol. The highest BCUT2D eigenvalue weighted by molar-refractivity contribution is 5.64. The molecule has 1 atom stereocenters. The zero-order valence-corrected chi connectivity index (χ0v) is 10.6. The largest absolute Gasteiger partial charge is 0.355 e. The summed E-state index contributed by atoms with van der Waals surface area (Å²) >= 11 is 0. The molecule has 0 bridgehead atoms. The van der Waals surface area contributed by atoms with Crippen LogP contribution in [0.25, 0.3) is 0 Å². The lowest BCUT2D eigenvalue weighted by Gasteiger charge is -2.33. The lowest BCUT2D eigenvalue weighted by molar-refractivity contribution is 0.283. The maximum Gasteiger partial charge on any atom is 0.0914 e. The minimum atomic E-state index is 0.0571. The Morgan fingerprint density at radius 3 is 2.94 bits per heavy atom. The van der Waals surface area contributed by atoms with Crippen LogP contribution in [0.15, 0.2) is 41.6 Å². The first kappa shape index (κ1) is 12.8. The van der Waals surface area contributed by atoms with Crippen molar-refractivity contribution in [2.75, 3.05) is 7.05 Å². The number of hydrogen-bond donors (Lipinski definition) is 0. The minimum absolute atomic E-state index is 0.0571. The Morgan fingerprint density at radius 2 is 2.31 bits per heavy atom. The Labute approximate surface area is 99.1 Å². The van der Waals surface area contributed by atoms with Gasteiger partial charge < -0.3 is 4.90 Å². The topological polar surface area (TPSA) is 15.6 Å². The Bertz CT molecular complexity index is 326. The van der Waals surface area contributed by atoms with E-state index >= 15 is 0 Å². The molecule has 0 amide bonds. The summed E-state index contributed by atoms with van der Waals surface area (Å²) in [4.78, 5) is 6.68. The lowest BCUT2D eigenvalue weighted by atomic mass is 9.91. The van der Waals surface area contributed by atoms with Crippen molar-refractivity contribution in [3.63, 3.8) is 0 Å². The average molecular weight is 218 g/mol. The first-order valence-corrected chi connectivity index (χ1v) is 5.90. The zero-order chi connectivity index (χ0) is 12.0. The van der Waals surface area contributed by atoms with E-state index in [0.29, 0.717) is 0 Å². The number of hydrogen-bond acceptors (Lipinski definition) is 2. The van der Waals surface area contributed by atoms with Crippen molar-refractivity contribution >= 4 is 6.34 Å². The average Bonchev–Trinajstić information content (AvgIpc) is 2.54. The van der Waals surface area contributed by atoms with Crippen molar-refractivity contribution in [1.29, 1.82) is 0 Å². The first-order chi connectivity index (χ1) is 7.65. The molecule has 1 heterocycles. The number of allylic oxidation sites excluding steroid dienone is 4. The highest BCUT2D eigenvalue weighted by atomic mass is 15.3. The smallest absolute Gasteiger partial charge is 0.0914 e. The highest BCUT2D eigenvalue weighted by Crippen LogP contribution is 2.33. The van der Waals surface area contributed by atoms with Gasteiger partial charge in [0.05, 0.1) is 17.6 Å². The fourth-order valence-electron chi connectivity index (χ4n) is 1.92. The SMILES string of the molecule is C=C/C=C\CCC1(C)/C(=C\CC)N=CN1C. The summed E-state index contributed by atoms with van der Waals surface area (Å²) < 4.78 is 0. The molecule has 0 aliphatic carbocycles. The molecule has 0 aromatic rings. The zero-order valence-electron chi connectivity index (χ0n) is 10.6. The van der Waals surface area contributed by atoms with Crippen molar-refractivity contribution < 1.29 is 0 Å². The van der Waals surface area contributed by atoms with Gasteiger partial charge in [-0.25, -0.2) is 4.99 Å².